The highest BCUT2D eigenvalue weighted by molar-refractivity contribution is 6.20. The molecule has 0 saturated heterocycles. The van der Waals surface area contributed by atoms with Crippen molar-refractivity contribution in [3.05, 3.63) is 262 Å². The van der Waals surface area contributed by atoms with Crippen molar-refractivity contribution in [1.82, 2.24) is 0 Å². The van der Waals surface area contributed by atoms with Gasteiger partial charge in [-0.05, 0) is 180 Å². The monoisotopic (exact) mass is 1360 g/mol. The van der Waals surface area contributed by atoms with E-state index in [0.717, 1.165) is 74.3 Å². The smallest absolute Gasteiger partial charge is 0.160 e. The second-order valence-electron chi connectivity index (χ2n) is 22.0. The molecule has 0 fully saturated rings. The van der Waals surface area contributed by atoms with Crippen molar-refractivity contribution in [1.29, 1.82) is 0 Å². The lowest BCUT2D eigenvalue weighted by Crippen LogP contribution is -2.09. The van der Waals surface area contributed by atoms with E-state index in [0.29, 0.717) is 41.0 Å². The van der Waals surface area contributed by atoms with Crippen LogP contribution in [0.25, 0.3) is 34.4 Å². The lowest BCUT2D eigenvalue weighted by Gasteiger charge is -2.06. The van der Waals surface area contributed by atoms with Gasteiger partial charge >= 0.3 is 0 Å². The number of carbonyl (C=O) groups is 7. The van der Waals surface area contributed by atoms with Crippen LogP contribution in [0.4, 0.5) is 0 Å². The summed E-state index contributed by atoms with van der Waals surface area (Å²) in [7, 11) is 13.2. The van der Waals surface area contributed by atoms with E-state index < -0.39 is 0 Å². The highest BCUT2D eigenvalue weighted by atomic mass is 35.5. The highest BCUT2D eigenvalue weighted by Gasteiger charge is 2.11. The second kappa shape index (κ2) is 45.0. The van der Waals surface area contributed by atoms with Crippen LogP contribution in [0.3, 0.4) is 0 Å². The first-order valence-corrected chi connectivity index (χ1v) is 31.8. The molecular weight excluding hydrogens is 1270 g/mol. The number of aryl methyl sites for hydroxylation is 1. The Kier molecular flexibility index (Phi) is 37.6. The van der Waals surface area contributed by atoms with Gasteiger partial charge in [0.25, 0.3) is 0 Å². The minimum Gasteiger partial charge on any atom is -0.497 e. The lowest BCUT2D eigenvalue weighted by atomic mass is 10.00. The largest absolute Gasteiger partial charge is 0.497 e. The summed E-state index contributed by atoms with van der Waals surface area (Å²) < 4.78 is 40.3. The Labute approximate surface area is 588 Å². The molecule has 0 amide bonds. The Morgan fingerprint density at radius 3 is 0.838 bits per heavy atom. The van der Waals surface area contributed by atoms with Gasteiger partial charge in [-0.15, -0.1) is 11.6 Å². The Morgan fingerprint density at radius 1 is 0.313 bits per heavy atom. The molecule has 0 N–H and O–H groups in total. The third kappa shape index (κ3) is 30.6. The number of ketones is 7. The van der Waals surface area contributed by atoms with Crippen LogP contribution in [0, 0.1) is 6.92 Å². The summed E-state index contributed by atoms with van der Waals surface area (Å²) in [4.78, 5) is 77.5. The van der Waals surface area contributed by atoms with Gasteiger partial charge in [-0.3, -0.25) is 33.6 Å². The predicted molar refractivity (Wildman–Crippen MR) is 397 cm³/mol. The third-order valence-electron chi connectivity index (χ3n) is 14.5. The first-order chi connectivity index (χ1) is 47.3. The fraction of sp³-hybridized carbons (Fsp3) is 0.241. The minimum absolute atomic E-state index is 0.0186. The van der Waals surface area contributed by atoms with Gasteiger partial charge in [0.1, 0.15) is 23.0 Å². The number of carbonyl (C=O) groups excluding carboxylic acids is 7. The minimum atomic E-state index is -0.152. The van der Waals surface area contributed by atoms with Crippen molar-refractivity contribution >= 4 is 64.2 Å². The van der Waals surface area contributed by atoms with Crippen LogP contribution in [0.1, 0.15) is 144 Å². The maximum atomic E-state index is 11.2. The molecule has 0 aromatic heterocycles. The van der Waals surface area contributed by atoms with E-state index >= 15 is 0 Å². The molecule has 0 saturated carbocycles. The zero-order valence-corrected chi connectivity index (χ0v) is 60.2. The van der Waals surface area contributed by atoms with Gasteiger partial charge < -0.3 is 37.9 Å². The average molecular weight is 1360 g/mol. The van der Waals surface area contributed by atoms with Crippen LogP contribution in [-0.2, 0) is 9.47 Å². The summed E-state index contributed by atoms with van der Waals surface area (Å²) in [6.07, 6.45) is 4.90. The number of Topliss-reactive ketones (excluding diaryl/α,β-unsaturated/α-hetero) is 7. The van der Waals surface area contributed by atoms with Crippen molar-refractivity contribution in [2.24, 2.45) is 0 Å². The lowest BCUT2D eigenvalue weighted by molar-refractivity contribution is 0.0996. The number of hydrogen-bond donors (Lipinski definition) is 0. The number of benzene rings is 9. The van der Waals surface area contributed by atoms with Crippen LogP contribution in [0.15, 0.2) is 206 Å². The van der Waals surface area contributed by atoms with E-state index in [2.05, 4.69) is 0 Å². The van der Waals surface area contributed by atoms with Gasteiger partial charge in [0.15, 0.2) is 52.0 Å². The number of methoxy groups -OCH3 is 8. The summed E-state index contributed by atoms with van der Waals surface area (Å²) in [5, 5.41) is 0.0925. The van der Waals surface area contributed by atoms with E-state index in [1.165, 1.54) is 69.5 Å². The van der Waals surface area contributed by atoms with Crippen molar-refractivity contribution in [3.63, 3.8) is 0 Å². The molecule has 0 aliphatic rings. The molecule has 0 aliphatic heterocycles. The SMILES string of the molecule is CC(=O)c1cc(C(C)=O)cc(C(C)=O)c1.CC(=O)c1ccc(C(C)=O)cc1.COCCC(Cl)COC.COc1ccc(-c2ccc(C(C)=O)cc2)cc1.COc1ccc(-c2ccc(OC)cc2)cc1.COc1ccc(C)cc1OC.COc1ccc(C=Cc2ccc(C(C)=O)cc2)cc1. The molecular formula is C83H91ClO15. The van der Waals surface area contributed by atoms with Gasteiger partial charge in [0.2, 0.25) is 0 Å². The van der Waals surface area contributed by atoms with Crippen molar-refractivity contribution < 1.29 is 71.5 Å². The molecule has 1 atom stereocenters. The summed E-state index contributed by atoms with van der Waals surface area (Å²) in [6.45, 7) is 13.7. The number of halogens is 1. The number of alkyl halides is 1. The van der Waals surface area contributed by atoms with Crippen molar-refractivity contribution in [2.75, 3.05) is 70.1 Å². The highest BCUT2D eigenvalue weighted by Crippen LogP contribution is 2.28. The summed E-state index contributed by atoms with van der Waals surface area (Å²) in [5.74, 6) is 4.76. The molecule has 0 radical (unpaired) electrons. The second-order valence-corrected chi connectivity index (χ2v) is 22.6. The number of hydrogen-bond acceptors (Lipinski definition) is 15. The van der Waals surface area contributed by atoms with Gasteiger partial charge in [-0.25, -0.2) is 0 Å². The maximum absolute atomic E-state index is 11.2. The molecule has 9 aromatic rings. The van der Waals surface area contributed by atoms with Crippen molar-refractivity contribution in [3.8, 4) is 56.8 Å². The predicted octanol–water partition coefficient (Wildman–Crippen LogP) is 18.7. The molecule has 9 aromatic carbocycles. The molecule has 0 heterocycles. The van der Waals surface area contributed by atoms with Gasteiger partial charge in [-0.2, -0.15) is 0 Å². The summed E-state index contributed by atoms with van der Waals surface area (Å²) in [5.41, 5.74) is 11.8. The quantitative estimate of drug-likeness (QED) is 0.0353. The first kappa shape index (κ1) is 82.7. The van der Waals surface area contributed by atoms with Crippen LogP contribution < -0.4 is 28.4 Å². The Morgan fingerprint density at radius 2 is 0.576 bits per heavy atom. The average Bonchev–Trinajstić information content (AvgIpc) is 0.903. The number of rotatable bonds is 22. The molecule has 1 unspecified atom stereocenters. The van der Waals surface area contributed by atoms with E-state index in [1.807, 2.05) is 183 Å². The third-order valence-corrected chi connectivity index (χ3v) is 14.8. The van der Waals surface area contributed by atoms with E-state index in [1.54, 1.807) is 95.0 Å². The Balaban J connectivity index is 0.000000304. The molecule has 520 valence electrons. The maximum Gasteiger partial charge on any atom is 0.160 e. The standard InChI is InChI=1S/C17H16O2.C15H14O2.C14H14O2.C12H12O3.C10H10O2.C9H12O2.C6H13ClO2/c1-13(18)16-9-5-14(6-10-16)3-4-15-7-11-17(19-2)12-8-15;1-11(16)12-3-5-13(6-4-12)14-7-9-15(17-2)10-8-14;1-15-13-7-3-11(4-8-13)12-5-9-14(16-2)10-6-12;1-7(13)10-4-11(8(2)14)6-12(5-10)9(3)15;1-7(11)9-3-5-10(6-4-9)8(2)12;1-7-4-5-8(10-2)9(6-7)11-3;1-8-4-3-6(7)5-9-2/h3-12H,1-2H3;3-10H,1-2H3;3-10H,1-2H3;4-6H,1-3H3;3-6H,1-2H3;4-6H,1-3H3;6H,3-5H2,1-2H3. The fourth-order valence-electron chi connectivity index (χ4n) is 8.61. The van der Waals surface area contributed by atoms with Crippen LogP contribution >= 0.6 is 11.6 Å². The molecule has 0 aliphatic carbocycles. The van der Waals surface area contributed by atoms with E-state index in [4.69, 9.17) is 49.5 Å². The summed E-state index contributed by atoms with van der Waals surface area (Å²) in [6, 6.07) is 63.9. The normalized spacial score (nSPS) is 10.3. The fourth-order valence-corrected chi connectivity index (χ4v) is 8.83. The molecule has 0 bridgehead atoms. The first-order valence-electron chi connectivity index (χ1n) is 31.4. The van der Waals surface area contributed by atoms with Gasteiger partial charge in [0, 0.05) is 59.8 Å². The Hall–Kier alpha value is -10.6. The molecule has 16 heteroatoms. The van der Waals surface area contributed by atoms with Gasteiger partial charge in [-0.1, -0.05) is 140 Å². The van der Waals surface area contributed by atoms with Gasteiger partial charge in [0.05, 0.1) is 54.6 Å². The Bertz CT molecular complexity index is 3830. The van der Waals surface area contributed by atoms with Crippen LogP contribution in [-0.4, -0.2) is 116 Å². The topological polar surface area (TPSA) is 193 Å². The van der Waals surface area contributed by atoms with E-state index in [-0.39, 0.29) is 45.9 Å². The molecule has 99 heavy (non-hydrogen) atoms. The zero-order valence-electron chi connectivity index (χ0n) is 59.5. The number of ether oxygens (including phenoxy) is 8. The van der Waals surface area contributed by atoms with Crippen molar-refractivity contribution in [2.45, 2.75) is 67.2 Å². The zero-order chi connectivity index (χ0) is 73.4. The molecule has 9 rings (SSSR count). The summed E-state index contributed by atoms with van der Waals surface area (Å²) >= 11 is 5.75. The molecule has 0 spiro atoms. The van der Waals surface area contributed by atoms with Crippen LogP contribution in [0.2, 0.25) is 0 Å². The van der Waals surface area contributed by atoms with Crippen LogP contribution in [0.5, 0.6) is 34.5 Å². The molecule has 15 nitrogen and oxygen atoms in total. The van der Waals surface area contributed by atoms with E-state index in [9.17, 15) is 33.6 Å².